The third-order valence-corrected chi connectivity index (χ3v) is 3.39. The van der Waals surface area contributed by atoms with Gasteiger partial charge in [-0.25, -0.2) is 0 Å². The second-order valence-corrected chi connectivity index (χ2v) is 5.89. The van der Waals surface area contributed by atoms with E-state index in [0.717, 1.165) is 10.0 Å². The van der Waals surface area contributed by atoms with Gasteiger partial charge in [0, 0.05) is 29.5 Å². The van der Waals surface area contributed by atoms with Crippen molar-refractivity contribution in [3.05, 3.63) is 33.8 Å². The highest BCUT2D eigenvalue weighted by atomic mass is 79.9. The van der Waals surface area contributed by atoms with Gasteiger partial charge in [-0.15, -0.1) is 0 Å². The normalized spacial score (nSPS) is 12.0. The van der Waals surface area contributed by atoms with Crippen LogP contribution in [0.25, 0.3) is 0 Å². The molecule has 1 aromatic rings. The molecule has 2 N–H and O–H groups in total. The topological polar surface area (TPSA) is 46.3 Å². The van der Waals surface area contributed by atoms with Crippen LogP contribution in [0.4, 0.5) is 0 Å². The van der Waals surface area contributed by atoms with Gasteiger partial charge in [0.2, 0.25) is 0 Å². The highest BCUT2D eigenvalue weighted by molar-refractivity contribution is 9.10. The van der Waals surface area contributed by atoms with Crippen molar-refractivity contribution in [3.63, 3.8) is 0 Å². The van der Waals surface area contributed by atoms with Crippen LogP contribution in [-0.2, 0) is 0 Å². The maximum atomic E-state index is 12.3. The molecule has 1 amide bonds. The van der Waals surface area contributed by atoms with Gasteiger partial charge in [0.05, 0.1) is 4.99 Å². The molecule has 5 heteroatoms. The number of thiocarbonyl (C=S) groups is 1. The number of rotatable bonds is 4. The van der Waals surface area contributed by atoms with Crippen LogP contribution in [0, 0.1) is 6.92 Å². The predicted molar refractivity (Wildman–Crippen MR) is 81.8 cm³/mol. The van der Waals surface area contributed by atoms with E-state index in [1.807, 2.05) is 32.0 Å². The number of benzene rings is 1. The summed E-state index contributed by atoms with van der Waals surface area (Å²) in [5.74, 6) is -0.0249. The van der Waals surface area contributed by atoms with Gasteiger partial charge in [0.15, 0.2) is 0 Å². The summed E-state index contributed by atoms with van der Waals surface area (Å²) in [5.41, 5.74) is 7.21. The maximum Gasteiger partial charge on any atom is 0.253 e. The van der Waals surface area contributed by atoms with Crippen LogP contribution in [0.15, 0.2) is 22.7 Å². The lowest BCUT2D eigenvalue weighted by Crippen LogP contribution is -2.37. The molecular weight excluding hydrogens is 312 g/mol. The molecule has 0 heterocycles. The first kappa shape index (κ1) is 15.1. The molecule has 1 atom stereocenters. The Balaban J connectivity index is 2.89. The third-order valence-electron chi connectivity index (χ3n) is 2.77. The van der Waals surface area contributed by atoms with Crippen molar-refractivity contribution in [2.45, 2.75) is 26.3 Å². The first-order valence-corrected chi connectivity index (χ1v) is 6.84. The van der Waals surface area contributed by atoms with E-state index in [-0.39, 0.29) is 11.9 Å². The Kier molecular flexibility index (Phi) is 5.28. The Morgan fingerprint density at radius 2 is 2.11 bits per heavy atom. The SMILES string of the molecule is Cc1cc(Br)cc(C(=O)N(C)C(C)CC(N)=S)c1. The summed E-state index contributed by atoms with van der Waals surface area (Å²) in [6.07, 6.45) is 0.532. The molecule has 1 aromatic carbocycles. The number of amides is 1. The van der Waals surface area contributed by atoms with Crippen molar-refractivity contribution >= 4 is 39.0 Å². The lowest BCUT2D eigenvalue weighted by Gasteiger charge is -2.25. The summed E-state index contributed by atoms with van der Waals surface area (Å²) in [6.45, 7) is 3.89. The Bertz CT molecular complexity index is 456. The summed E-state index contributed by atoms with van der Waals surface area (Å²) in [7, 11) is 1.77. The highest BCUT2D eigenvalue weighted by Crippen LogP contribution is 2.17. The summed E-state index contributed by atoms with van der Waals surface area (Å²) in [6, 6.07) is 5.65. The van der Waals surface area contributed by atoms with E-state index >= 15 is 0 Å². The average Bonchev–Trinajstić information content (AvgIpc) is 2.24. The molecule has 0 bridgehead atoms. The van der Waals surface area contributed by atoms with Gasteiger partial charge in [-0.1, -0.05) is 28.1 Å². The molecule has 0 spiro atoms. The number of nitrogens with two attached hydrogens (primary N) is 1. The molecule has 98 valence electrons. The molecule has 1 unspecified atom stereocenters. The van der Waals surface area contributed by atoms with Crippen LogP contribution in [0.2, 0.25) is 0 Å². The van der Waals surface area contributed by atoms with E-state index in [9.17, 15) is 4.79 Å². The van der Waals surface area contributed by atoms with E-state index in [0.29, 0.717) is 17.0 Å². The molecule has 0 saturated heterocycles. The lowest BCUT2D eigenvalue weighted by molar-refractivity contribution is 0.0748. The summed E-state index contributed by atoms with van der Waals surface area (Å²) < 4.78 is 0.904. The first-order valence-electron chi connectivity index (χ1n) is 5.64. The second-order valence-electron chi connectivity index (χ2n) is 4.45. The van der Waals surface area contributed by atoms with E-state index in [1.54, 1.807) is 11.9 Å². The quantitative estimate of drug-likeness (QED) is 0.864. The molecule has 0 aromatic heterocycles. The van der Waals surface area contributed by atoms with Crippen LogP contribution < -0.4 is 5.73 Å². The number of hydrogen-bond acceptors (Lipinski definition) is 2. The van der Waals surface area contributed by atoms with Crippen molar-refractivity contribution in [3.8, 4) is 0 Å². The minimum absolute atomic E-state index is 0.00529. The van der Waals surface area contributed by atoms with Crippen LogP contribution in [0.1, 0.15) is 29.3 Å². The molecular formula is C13H17BrN2OS. The molecule has 0 aliphatic carbocycles. The van der Waals surface area contributed by atoms with Crippen LogP contribution in [0.5, 0.6) is 0 Å². The van der Waals surface area contributed by atoms with Crippen LogP contribution in [0.3, 0.4) is 0 Å². The van der Waals surface area contributed by atoms with Gasteiger partial charge in [0.25, 0.3) is 5.91 Å². The van der Waals surface area contributed by atoms with Crippen molar-refractivity contribution in [1.82, 2.24) is 4.90 Å². The standard InChI is InChI=1S/C13H17BrN2OS/c1-8-4-10(7-11(14)5-8)13(17)16(3)9(2)6-12(15)18/h4-5,7,9H,6H2,1-3H3,(H2,15,18). The van der Waals surface area contributed by atoms with Gasteiger partial charge >= 0.3 is 0 Å². The Morgan fingerprint density at radius 3 is 2.61 bits per heavy atom. The molecule has 0 aliphatic rings. The smallest absolute Gasteiger partial charge is 0.253 e. The lowest BCUT2D eigenvalue weighted by atomic mass is 10.1. The summed E-state index contributed by atoms with van der Waals surface area (Å²) >= 11 is 8.26. The number of nitrogens with zero attached hydrogens (tertiary/aromatic N) is 1. The molecule has 0 aliphatic heterocycles. The molecule has 0 fully saturated rings. The summed E-state index contributed by atoms with van der Waals surface area (Å²) in [4.78, 5) is 14.4. The zero-order valence-electron chi connectivity index (χ0n) is 10.7. The minimum atomic E-state index is -0.0249. The number of carbonyl (C=O) groups is 1. The predicted octanol–water partition coefficient (Wildman–Crippen LogP) is 2.89. The molecule has 0 radical (unpaired) electrons. The molecule has 18 heavy (non-hydrogen) atoms. The number of carbonyl (C=O) groups excluding carboxylic acids is 1. The summed E-state index contributed by atoms with van der Waals surface area (Å²) in [5, 5.41) is 0. The number of halogens is 1. The fraction of sp³-hybridized carbons (Fsp3) is 0.385. The average molecular weight is 329 g/mol. The molecule has 3 nitrogen and oxygen atoms in total. The third kappa shape index (κ3) is 4.07. The number of hydrogen-bond donors (Lipinski definition) is 1. The van der Waals surface area contributed by atoms with Crippen molar-refractivity contribution in [2.75, 3.05) is 7.05 Å². The first-order chi connectivity index (χ1) is 8.31. The van der Waals surface area contributed by atoms with Crippen molar-refractivity contribution in [1.29, 1.82) is 0 Å². The van der Waals surface area contributed by atoms with E-state index in [1.165, 1.54) is 0 Å². The Morgan fingerprint density at radius 1 is 1.50 bits per heavy atom. The van der Waals surface area contributed by atoms with Gasteiger partial charge in [-0.2, -0.15) is 0 Å². The van der Waals surface area contributed by atoms with Gasteiger partial charge in [-0.3, -0.25) is 4.79 Å². The van der Waals surface area contributed by atoms with Crippen molar-refractivity contribution in [2.24, 2.45) is 5.73 Å². The monoisotopic (exact) mass is 328 g/mol. The fourth-order valence-corrected chi connectivity index (χ4v) is 2.54. The highest BCUT2D eigenvalue weighted by Gasteiger charge is 2.18. The van der Waals surface area contributed by atoms with Crippen LogP contribution >= 0.6 is 28.1 Å². The van der Waals surface area contributed by atoms with Gasteiger partial charge in [-0.05, 0) is 37.6 Å². The number of aryl methyl sites for hydroxylation is 1. The van der Waals surface area contributed by atoms with Gasteiger partial charge < -0.3 is 10.6 Å². The minimum Gasteiger partial charge on any atom is -0.393 e. The Hall–Kier alpha value is -0.940. The largest absolute Gasteiger partial charge is 0.393 e. The maximum absolute atomic E-state index is 12.3. The molecule has 1 rings (SSSR count). The van der Waals surface area contributed by atoms with Crippen molar-refractivity contribution < 1.29 is 4.79 Å². The van der Waals surface area contributed by atoms with E-state index in [4.69, 9.17) is 18.0 Å². The van der Waals surface area contributed by atoms with E-state index < -0.39 is 0 Å². The second kappa shape index (κ2) is 6.29. The zero-order chi connectivity index (χ0) is 13.9. The van der Waals surface area contributed by atoms with Gasteiger partial charge in [0.1, 0.15) is 0 Å². The van der Waals surface area contributed by atoms with E-state index in [2.05, 4.69) is 15.9 Å². The fourth-order valence-electron chi connectivity index (χ4n) is 1.69. The Labute approximate surface area is 121 Å². The zero-order valence-corrected chi connectivity index (χ0v) is 13.1. The molecule has 0 saturated carbocycles. The van der Waals surface area contributed by atoms with Crippen LogP contribution in [-0.4, -0.2) is 28.9 Å².